The number of imidazole rings is 1. The number of amides is 1. The van der Waals surface area contributed by atoms with E-state index in [4.69, 9.17) is 0 Å². The Hall–Kier alpha value is -3.15. The second-order valence-electron chi connectivity index (χ2n) is 7.24. The van der Waals surface area contributed by atoms with E-state index in [1.165, 1.54) is 24.9 Å². The zero-order chi connectivity index (χ0) is 19.3. The molecule has 0 N–H and O–H groups in total. The number of nitrogens with zero attached hydrogens (tertiary/aromatic N) is 5. The molecule has 2 aromatic heterocycles. The van der Waals surface area contributed by atoms with Crippen LogP contribution in [0.5, 0.6) is 0 Å². The molecule has 4 rings (SSSR count). The highest BCUT2D eigenvalue weighted by molar-refractivity contribution is 5.92. The maximum Gasteiger partial charge on any atom is 0.272 e. The third-order valence-electron chi connectivity index (χ3n) is 5.19. The number of carbonyl (C=O) groups is 1. The van der Waals surface area contributed by atoms with Gasteiger partial charge in [0.05, 0.1) is 12.0 Å². The fraction of sp³-hybridized carbons (Fsp3) is 0.318. The summed E-state index contributed by atoms with van der Waals surface area (Å²) in [6.07, 6.45) is 10.8. The van der Waals surface area contributed by atoms with Crippen molar-refractivity contribution in [2.75, 3.05) is 25.0 Å². The summed E-state index contributed by atoms with van der Waals surface area (Å²) in [6.45, 7) is 2.82. The van der Waals surface area contributed by atoms with Crippen LogP contribution in [0.4, 0.5) is 5.69 Å². The number of aromatic nitrogens is 3. The Morgan fingerprint density at radius 1 is 1.04 bits per heavy atom. The van der Waals surface area contributed by atoms with E-state index in [1.807, 2.05) is 23.9 Å². The first-order chi connectivity index (χ1) is 13.7. The number of pyridine rings is 1. The molecule has 28 heavy (non-hydrogen) atoms. The van der Waals surface area contributed by atoms with E-state index in [1.54, 1.807) is 29.7 Å². The predicted molar refractivity (Wildman–Crippen MR) is 110 cm³/mol. The summed E-state index contributed by atoms with van der Waals surface area (Å²) in [4.78, 5) is 25.3. The number of piperidine rings is 1. The standard InChI is InChI=1S/C22H25N5O/c1-25(16-18-5-7-19(8-6-18)26-12-3-2-4-13-26)22(28)21-15-20(9-10-24-21)27-14-11-23-17-27/h5-11,14-15,17H,2-4,12-13,16H2,1H3. The van der Waals surface area contributed by atoms with Crippen molar-refractivity contribution in [3.63, 3.8) is 0 Å². The molecule has 6 heteroatoms. The van der Waals surface area contributed by atoms with Crippen molar-refractivity contribution in [3.8, 4) is 5.69 Å². The van der Waals surface area contributed by atoms with E-state index in [2.05, 4.69) is 39.1 Å². The van der Waals surface area contributed by atoms with Gasteiger partial charge >= 0.3 is 0 Å². The molecule has 3 aromatic rings. The molecule has 1 aromatic carbocycles. The van der Waals surface area contributed by atoms with Crippen LogP contribution in [0.15, 0.2) is 61.3 Å². The Balaban J connectivity index is 1.42. The zero-order valence-corrected chi connectivity index (χ0v) is 16.2. The Labute approximate surface area is 165 Å². The highest BCUT2D eigenvalue weighted by Gasteiger charge is 2.15. The van der Waals surface area contributed by atoms with Gasteiger partial charge < -0.3 is 14.4 Å². The highest BCUT2D eigenvalue weighted by Crippen LogP contribution is 2.21. The molecule has 3 heterocycles. The molecule has 0 spiro atoms. The molecule has 1 saturated heterocycles. The number of rotatable bonds is 5. The van der Waals surface area contributed by atoms with E-state index < -0.39 is 0 Å². The molecule has 0 atom stereocenters. The molecule has 0 radical (unpaired) electrons. The van der Waals surface area contributed by atoms with Gasteiger partial charge in [-0.3, -0.25) is 9.78 Å². The number of benzene rings is 1. The Kier molecular flexibility index (Phi) is 5.37. The Morgan fingerprint density at radius 2 is 1.82 bits per heavy atom. The van der Waals surface area contributed by atoms with Crippen molar-refractivity contribution in [1.29, 1.82) is 0 Å². The van der Waals surface area contributed by atoms with Gasteiger partial charge in [-0.05, 0) is 49.1 Å². The van der Waals surface area contributed by atoms with E-state index in [0.29, 0.717) is 12.2 Å². The first kappa shape index (κ1) is 18.2. The van der Waals surface area contributed by atoms with E-state index in [0.717, 1.165) is 24.3 Å². The average Bonchev–Trinajstić information content (AvgIpc) is 3.29. The van der Waals surface area contributed by atoms with Crippen LogP contribution in [0.3, 0.4) is 0 Å². The summed E-state index contributed by atoms with van der Waals surface area (Å²) in [5, 5.41) is 0. The number of anilines is 1. The third-order valence-corrected chi connectivity index (χ3v) is 5.19. The number of hydrogen-bond acceptors (Lipinski definition) is 4. The summed E-state index contributed by atoms with van der Waals surface area (Å²) in [6, 6.07) is 12.2. The van der Waals surface area contributed by atoms with Crippen molar-refractivity contribution in [1.82, 2.24) is 19.4 Å². The minimum atomic E-state index is -0.0953. The fourth-order valence-corrected chi connectivity index (χ4v) is 3.61. The van der Waals surface area contributed by atoms with E-state index >= 15 is 0 Å². The lowest BCUT2D eigenvalue weighted by Gasteiger charge is -2.29. The van der Waals surface area contributed by atoms with Crippen molar-refractivity contribution < 1.29 is 4.79 Å². The monoisotopic (exact) mass is 375 g/mol. The largest absolute Gasteiger partial charge is 0.372 e. The van der Waals surface area contributed by atoms with Crippen molar-refractivity contribution in [3.05, 3.63) is 72.6 Å². The Bertz CT molecular complexity index is 914. The summed E-state index contributed by atoms with van der Waals surface area (Å²) < 4.78 is 1.86. The summed E-state index contributed by atoms with van der Waals surface area (Å²) in [5.74, 6) is -0.0953. The van der Waals surface area contributed by atoms with Crippen LogP contribution < -0.4 is 4.90 Å². The second-order valence-corrected chi connectivity index (χ2v) is 7.24. The van der Waals surface area contributed by atoms with E-state index in [9.17, 15) is 4.79 Å². The lowest BCUT2D eigenvalue weighted by Crippen LogP contribution is -2.29. The average molecular weight is 375 g/mol. The highest BCUT2D eigenvalue weighted by atomic mass is 16.2. The van der Waals surface area contributed by atoms with Crippen LogP contribution in [-0.4, -0.2) is 45.5 Å². The molecule has 1 aliphatic rings. The summed E-state index contributed by atoms with van der Waals surface area (Å²) in [5.41, 5.74) is 3.68. The topological polar surface area (TPSA) is 54.3 Å². The molecule has 1 aliphatic heterocycles. The Morgan fingerprint density at radius 3 is 2.54 bits per heavy atom. The lowest BCUT2D eigenvalue weighted by atomic mass is 10.1. The quantitative estimate of drug-likeness (QED) is 0.685. The van der Waals surface area contributed by atoms with Gasteiger partial charge in [-0.2, -0.15) is 0 Å². The maximum absolute atomic E-state index is 12.8. The number of hydrogen-bond donors (Lipinski definition) is 0. The van der Waals surface area contributed by atoms with Gasteiger partial charge in [0.2, 0.25) is 0 Å². The van der Waals surface area contributed by atoms with Crippen molar-refractivity contribution in [2.24, 2.45) is 0 Å². The van der Waals surface area contributed by atoms with Gasteiger partial charge in [0.15, 0.2) is 0 Å². The molecule has 0 aliphatic carbocycles. The van der Waals surface area contributed by atoms with Crippen LogP contribution >= 0.6 is 0 Å². The maximum atomic E-state index is 12.8. The number of carbonyl (C=O) groups excluding carboxylic acids is 1. The van der Waals surface area contributed by atoms with Gasteiger partial charge in [-0.25, -0.2) is 4.98 Å². The first-order valence-electron chi connectivity index (χ1n) is 9.74. The van der Waals surface area contributed by atoms with Crippen LogP contribution in [-0.2, 0) is 6.54 Å². The van der Waals surface area contributed by atoms with Gasteiger partial charge in [0.25, 0.3) is 5.91 Å². The molecule has 6 nitrogen and oxygen atoms in total. The third kappa shape index (κ3) is 4.06. The molecule has 144 valence electrons. The van der Waals surface area contributed by atoms with Crippen LogP contribution in [0.2, 0.25) is 0 Å². The van der Waals surface area contributed by atoms with Crippen LogP contribution in [0.25, 0.3) is 5.69 Å². The smallest absolute Gasteiger partial charge is 0.272 e. The van der Waals surface area contributed by atoms with Crippen molar-refractivity contribution in [2.45, 2.75) is 25.8 Å². The molecular weight excluding hydrogens is 350 g/mol. The van der Waals surface area contributed by atoms with E-state index in [-0.39, 0.29) is 5.91 Å². The van der Waals surface area contributed by atoms with Crippen LogP contribution in [0.1, 0.15) is 35.3 Å². The minimum Gasteiger partial charge on any atom is -0.372 e. The van der Waals surface area contributed by atoms with Gasteiger partial charge in [0, 0.05) is 51.0 Å². The zero-order valence-electron chi connectivity index (χ0n) is 16.2. The molecule has 0 saturated carbocycles. The molecule has 0 bridgehead atoms. The molecular formula is C22H25N5O. The lowest BCUT2D eigenvalue weighted by molar-refractivity contribution is 0.0779. The first-order valence-corrected chi connectivity index (χ1v) is 9.74. The molecule has 1 amide bonds. The summed E-state index contributed by atoms with van der Waals surface area (Å²) in [7, 11) is 1.81. The van der Waals surface area contributed by atoms with Gasteiger partial charge in [-0.15, -0.1) is 0 Å². The molecule has 0 unspecified atom stereocenters. The normalized spacial score (nSPS) is 14.1. The molecule has 1 fully saturated rings. The van der Waals surface area contributed by atoms with Crippen molar-refractivity contribution >= 4 is 11.6 Å². The second kappa shape index (κ2) is 8.25. The predicted octanol–water partition coefficient (Wildman–Crippen LogP) is 3.53. The van der Waals surface area contributed by atoms with Gasteiger partial charge in [-0.1, -0.05) is 12.1 Å². The fourth-order valence-electron chi connectivity index (χ4n) is 3.61. The van der Waals surface area contributed by atoms with Crippen LogP contribution in [0, 0.1) is 0 Å². The minimum absolute atomic E-state index is 0.0953. The van der Waals surface area contributed by atoms with Gasteiger partial charge in [0.1, 0.15) is 5.69 Å². The SMILES string of the molecule is CN(Cc1ccc(N2CCCCC2)cc1)C(=O)c1cc(-n2ccnc2)ccn1. The summed E-state index contributed by atoms with van der Waals surface area (Å²) >= 11 is 0.